The molecule has 0 saturated carbocycles. The van der Waals surface area contributed by atoms with E-state index in [0.29, 0.717) is 6.42 Å². The van der Waals surface area contributed by atoms with Crippen molar-refractivity contribution < 1.29 is 4.79 Å². The molecule has 0 aliphatic rings. The van der Waals surface area contributed by atoms with Gasteiger partial charge in [0.05, 0.1) is 0 Å². The number of ketones is 1. The minimum Gasteiger partial charge on any atom is -0.294 e. The molecular weight excluding hydrogens is 252 g/mol. The molecule has 0 radical (unpaired) electrons. The highest BCUT2D eigenvalue weighted by Gasteiger charge is 2.11. The molecule has 0 bridgehead atoms. The highest BCUT2D eigenvalue weighted by molar-refractivity contribution is 7.98. The van der Waals surface area contributed by atoms with Crippen LogP contribution in [0.15, 0.2) is 47.4 Å². The molecule has 2 rings (SSSR count). The molecule has 0 amide bonds. The van der Waals surface area contributed by atoms with Gasteiger partial charge >= 0.3 is 0 Å². The maximum absolute atomic E-state index is 12.4. The highest BCUT2D eigenvalue weighted by Crippen LogP contribution is 2.22. The van der Waals surface area contributed by atoms with E-state index in [1.54, 1.807) is 11.8 Å². The Hall–Kier alpha value is -1.54. The van der Waals surface area contributed by atoms with Crippen molar-refractivity contribution >= 4 is 17.5 Å². The van der Waals surface area contributed by atoms with E-state index in [-0.39, 0.29) is 5.78 Å². The van der Waals surface area contributed by atoms with Gasteiger partial charge in [-0.3, -0.25) is 4.79 Å². The zero-order chi connectivity index (χ0) is 13.8. The molecule has 0 N–H and O–H groups in total. The molecule has 2 aromatic carbocycles. The minimum absolute atomic E-state index is 0.188. The molecule has 1 nitrogen and oxygen atoms in total. The Morgan fingerprint density at radius 2 is 1.79 bits per heavy atom. The van der Waals surface area contributed by atoms with Crippen LogP contribution in [0.5, 0.6) is 0 Å². The van der Waals surface area contributed by atoms with E-state index in [4.69, 9.17) is 0 Å². The van der Waals surface area contributed by atoms with Crippen LogP contribution in [-0.2, 0) is 6.42 Å². The van der Waals surface area contributed by atoms with Gasteiger partial charge in [0.15, 0.2) is 5.78 Å². The van der Waals surface area contributed by atoms with Gasteiger partial charge in [-0.25, -0.2) is 0 Å². The Bertz CT molecular complexity index is 602. The summed E-state index contributed by atoms with van der Waals surface area (Å²) >= 11 is 1.62. The summed E-state index contributed by atoms with van der Waals surface area (Å²) in [4.78, 5) is 13.4. The molecule has 0 aromatic heterocycles. The van der Waals surface area contributed by atoms with Crippen LogP contribution in [0, 0.1) is 13.8 Å². The third kappa shape index (κ3) is 3.27. The van der Waals surface area contributed by atoms with Crippen LogP contribution in [0.1, 0.15) is 27.0 Å². The Morgan fingerprint density at radius 1 is 1.05 bits per heavy atom. The minimum atomic E-state index is 0.188. The van der Waals surface area contributed by atoms with Crippen LogP contribution in [0.3, 0.4) is 0 Å². The van der Waals surface area contributed by atoms with E-state index in [1.807, 2.05) is 36.6 Å². The van der Waals surface area contributed by atoms with Gasteiger partial charge in [0.1, 0.15) is 0 Å². The number of carbonyl (C=O) groups excluding carboxylic acids is 1. The fourth-order valence-corrected chi connectivity index (χ4v) is 2.69. The SMILES string of the molecule is CSc1ccccc1C(=O)Cc1ccc(C)c(C)c1. The van der Waals surface area contributed by atoms with Crippen LogP contribution in [0.2, 0.25) is 0 Å². The zero-order valence-corrected chi connectivity index (χ0v) is 12.4. The van der Waals surface area contributed by atoms with Crippen molar-refractivity contribution in [1.82, 2.24) is 0 Å². The third-order valence-electron chi connectivity index (χ3n) is 3.34. The molecule has 19 heavy (non-hydrogen) atoms. The molecule has 0 unspecified atom stereocenters. The third-order valence-corrected chi connectivity index (χ3v) is 4.14. The average molecular weight is 270 g/mol. The lowest BCUT2D eigenvalue weighted by Crippen LogP contribution is -2.05. The Labute approximate surface area is 119 Å². The quantitative estimate of drug-likeness (QED) is 0.603. The second-order valence-electron chi connectivity index (χ2n) is 4.72. The van der Waals surface area contributed by atoms with Crippen molar-refractivity contribution in [1.29, 1.82) is 0 Å². The number of carbonyl (C=O) groups is 1. The van der Waals surface area contributed by atoms with Gasteiger partial charge < -0.3 is 0 Å². The van der Waals surface area contributed by atoms with E-state index in [2.05, 4.69) is 26.0 Å². The molecule has 0 aliphatic heterocycles. The number of hydrogen-bond acceptors (Lipinski definition) is 2. The average Bonchev–Trinajstić information content (AvgIpc) is 2.43. The summed E-state index contributed by atoms with van der Waals surface area (Å²) in [6, 6.07) is 14.0. The molecule has 0 aliphatic carbocycles. The lowest BCUT2D eigenvalue weighted by atomic mass is 9.99. The van der Waals surface area contributed by atoms with Gasteiger partial charge in [-0.15, -0.1) is 11.8 Å². The number of thioether (sulfide) groups is 1. The first kappa shape index (κ1) is 13.9. The first-order valence-electron chi connectivity index (χ1n) is 6.34. The Morgan fingerprint density at radius 3 is 2.47 bits per heavy atom. The summed E-state index contributed by atoms with van der Waals surface area (Å²) in [6.07, 6.45) is 2.47. The van der Waals surface area contributed by atoms with Crippen molar-refractivity contribution in [3.8, 4) is 0 Å². The summed E-state index contributed by atoms with van der Waals surface area (Å²) in [7, 11) is 0. The van der Waals surface area contributed by atoms with Gasteiger partial charge in [0, 0.05) is 16.9 Å². The molecule has 0 spiro atoms. The molecule has 0 saturated heterocycles. The zero-order valence-electron chi connectivity index (χ0n) is 11.6. The molecule has 2 aromatic rings. The maximum atomic E-state index is 12.4. The van der Waals surface area contributed by atoms with E-state index in [0.717, 1.165) is 16.0 Å². The standard InChI is InChI=1S/C17H18OS/c1-12-8-9-14(10-13(12)2)11-16(18)15-6-4-5-7-17(15)19-3/h4-10H,11H2,1-3H3. The predicted molar refractivity (Wildman–Crippen MR) is 82.2 cm³/mol. The second kappa shape index (κ2) is 6.07. The molecule has 0 fully saturated rings. The van der Waals surface area contributed by atoms with Crippen molar-refractivity contribution in [2.24, 2.45) is 0 Å². The van der Waals surface area contributed by atoms with E-state index < -0.39 is 0 Å². The van der Waals surface area contributed by atoms with Crippen LogP contribution in [0.4, 0.5) is 0 Å². The summed E-state index contributed by atoms with van der Waals surface area (Å²) < 4.78 is 0. The lowest BCUT2D eigenvalue weighted by molar-refractivity contribution is 0.0990. The summed E-state index contributed by atoms with van der Waals surface area (Å²) in [5.41, 5.74) is 4.42. The van der Waals surface area contributed by atoms with Crippen molar-refractivity contribution in [3.63, 3.8) is 0 Å². The summed E-state index contributed by atoms with van der Waals surface area (Å²) in [6.45, 7) is 4.17. The van der Waals surface area contributed by atoms with Crippen LogP contribution in [0.25, 0.3) is 0 Å². The summed E-state index contributed by atoms with van der Waals surface area (Å²) in [5, 5.41) is 0. The number of hydrogen-bond donors (Lipinski definition) is 0. The van der Waals surface area contributed by atoms with Crippen molar-refractivity contribution in [2.45, 2.75) is 25.2 Å². The second-order valence-corrected chi connectivity index (χ2v) is 5.57. The lowest BCUT2D eigenvalue weighted by Gasteiger charge is -2.08. The van der Waals surface area contributed by atoms with Gasteiger partial charge in [0.2, 0.25) is 0 Å². The number of aryl methyl sites for hydroxylation is 2. The largest absolute Gasteiger partial charge is 0.294 e. The predicted octanol–water partition coefficient (Wildman–Crippen LogP) is 4.45. The van der Waals surface area contributed by atoms with Crippen LogP contribution < -0.4 is 0 Å². The highest BCUT2D eigenvalue weighted by atomic mass is 32.2. The molecule has 98 valence electrons. The van der Waals surface area contributed by atoms with Crippen molar-refractivity contribution in [2.75, 3.05) is 6.26 Å². The summed E-state index contributed by atoms with van der Waals surface area (Å²) in [5.74, 6) is 0.188. The Balaban J connectivity index is 2.23. The molecule has 0 atom stereocenters. The van der Waals surface area contributed by atoms with E-state index in [1.165, 1.54) is 11.1 Å². The van der Waals surface area contributed by atoms with Gasteiger partial charge in [-0.05, 0) is 42.9 Å². The Kier molecular flexibility index (Phi) is 4.43. The fourth-order valence-electron chi connectivity index (χ4n) is 2.07. The number of rotatable bonds is 4. The molecule has 2 heteroatoms. The van der Waals surface area contributed by atoms with Gasteiger partial charge in [-0.2, -0.15) is 0 Å². The van der Waals surface area contributed by atoms with Gasteiger partial charge in [0.25, 0.3) is 0 Å². The normalized spacial score (nSPS) is 10.5. The van der Waals surface area contributed by atoms with E-state index in [9.17, 15) is 4.79 Å². The topological polar surface area (TPSA) is 17.1 Å². The molecule has 0 heterocycles. The number of benzene rings is 2. The smallest absolute Gasteiger partial charge is 0.168 e. The first-order chi connectivity index (χ1) is 9.11. The van der Waals surface area contributed by atoms with Crippen LogP contribution in [-0.4, -0.2) is 12.0 Å². The molecular formula is C17H18OS. The van der Waals surface area contributed by atoms with Gasteiger partial charge in [-0.1, -0.05) is 36.4 Å². The van der Waals surface area contributed by atoms with Crippen LogP contribution >= 0.6 is 11.8 Å². The van der Waals surface area contributed by atoms with Crippen molar-refractivity contribution in [3.05, 3.63) is 64.7 Å². The first-order valence-corrected chi connectivity index (χ1v) is 7.56. The monoisotopic (exact) mass is 270 g/mol. The van der Waals surface area contributed by atoms with E-state index >= 15 is 0 Å². The maximum Gasteiger partial charge on any atom is 0.168 e. The number of Topliss-reactive ketones (excluding diaryl/α,β-unsaturated/α-hetero) is 1. The fraction of sp³-hybridized carbons (Fsp3) is 0.235.